The Balaban J connectivity index is 1.50. The lowest BCUT2D eigenvalue weighted by Crippen LogP contribution is -2.53. The zero-order valence-corrected chi connectivity index (χ0v) is 21.6. The van der Waals surface area contributed by atoms with Gasteiger partial charge in [0.2, 0.25) is 17.8 Å². The van der Waals surface area contributed by atoms with Gasteiger partial charge < -0.3 is 15.1 Å². The van der Waals surface area contributed by atoms with Crippen LogP contribution in [0.5, 0.6) is 0 Å². The summed E-state index contributed by atoms with van der Waals surface area (Å²) < 4.78 is 39.6. The van der Waals surface area contributed by atoms with Crippen LogP contribution >= 0.6 is 11.6 Å². The number of alkyl halides is 3. The smallest absolute Gasteiger partial charge is 0.350 e. The number of nitrogens with one attached hydrogen (secondary N) is 1. The Morgan fingerprint density at radius 3 is 2.44 bits per heavy atom. The average Bonchev–Trinajstić information content (AvgIpc) is 2.92. The highest BCUT2D eigenvalue weighted by atomic mass is 35.5. The number of rotatable bonds is 8. The molecule has 1 aliphatic heterocycles. The summed E-state index contributed by atoms with van der Waals surface area (Å²) in [6.07, 6.45) is -3.08. The highest BCUT2D eigenvalue weighted by Gasteiger charge is 2.33. The fourth-order valence-corrected chi connectivity index (χ4v) is 4.26. The molecule has 0 radical (unpaired) electrons. The zero-order valence-electron chi connectivity index (χ0n) is 20.9. The standard InChI is InChI=1S/C26H27ClF3N7O2/c27-21-7-6-18(14-20(21)26(28,29)30)15-33-23(38)16-36(17-24(39)35-10-12-37(31)13-11-35)25-32-9-8-22(34-25)19-4-2-1-3-5-19/h1-9,14H,10-13,15-17,31H2,(H,33,38). The van der Waals surface area contributed by atoms with Gasteiger partial charge in [-0.05, 0) is 23.8 Å². The first kappa shape index (κ1) is 28.3. The maximum absolute atomic E-state index is 13.2. The summed E-state index contributed by atoms with van der Waals surface area (Å²) in [7, 11) is 0. The van der Waals surface area contributed by atoms with Crippen molar-refractivity contribution in [2.45, 2.75) is 12.7 Å². The normalized spacial score (nSPS) is 14.2. The van der Waals surface area contributed by atoms with E-state index in [0.29, 0.717) is 31.9 Å². The fourth-order valence-electron chi connectivity index (χ4n) is 4.03. The van der Waals surface area contributed by atoms with Crippen molar-refractivity contribution in [1.29, 1.82) is 0 Å². The lowest BCUT2D eigenvalue weighted by molar-refractivity contribution is -0.137. The van der Waals surface area contributed by atoms with Crippen LogP contribution in [0.15, 0.2) is 60.8 Å². The van der Waals surface area contributed by atoms with Crippen LogP contribution in [0.2, 0.25) is 5.02 Å². The van der Waals surface area contributed by atoms with E-state index in [9.17, 15) is 22.8 Å². The third kappa shape index (κ3) is 7.65. The van der Waals surface area contributed by atoms with E-state index in [0.717, 1.165) is 17.7 Å². The molecule has 3 N–H and O–H groups in total. The topological polar surface area (TPSA) is 108 Å². The molecule has 1 fully saturated rings. The molecule has 0 saturated carbocycles. The molecule has 4 rings (SSSR count). The molecule has 0 aliphatic carbocycles. The van der Waals surface area contributed by atoms with E-state index in [-0.39, 0.29) is 37.1 Å². The predicted octanol–water partition coefficient (Wildman–Crippen LogP) is 2.96. The third-order valence-corrected chi connectivity index (χ3v) is 6.48. The number of anilines is 1. The van der Waals surface area contributed by atoms with Gasteiger partial charge in [0, 0.05) is 44.5 Å². The molecule has 39 heavy (non-hydrogen) atoms. The van der Waals surface area contributed by atoms with Gasteiger partial charge in [-0.15, -0.1) is 0 Å². The van der Waals surface area contributed by atoms with Crippen LogP contribution in [-0.4, -0.2) is 71.0 Å². The molecule has 0 spiro atoms. The van der Waals surface area contributed by atoms with E-state index in [1.54, 1.807) is 22.2 Å². The lowest BCUT2D eigenvalue weighted by Gasteiger charge is -2.33. The predicted molar refractivity (Wildman–Crippen MR) is 140 cm³/mol. The average molecular weight is 562 g/mol. The Labute approximate surface area is 228 Å². The van der Waals surface area contributed by atoms with Crippen molar-refractivity contribution in [1.82, 2.24) is 25.2 Å². The molecule has 1 aliphatic rings. The molecule has 13 heteroatoms. The first-order valence-corrected chi connectivity index (χ1v) is 12.5. The molecule has 0 unspecified atom stereocenters. The minimum absolute atomic E-state index is 0.162. The van der Waals surface area contributed by atoms with Gasteiger partial charge in [0.25, 0.3) is 0 Å². The van der Waals surface area contributed by atoms with Gasteiger partial charge in [-0.3, -0.25) is 15.4 Å². The molecule has 206 valence electrons. The molecule has 1 aromatic heterocycles. The number of halogens is 4. The molecule has 9 nitrogen and oxygen atoms in total. The number of aromatic nitrogens is 2. The Bertz CT molecular complexity index is 1300. The van der Waals surface area contributed by atoms with E-state index in [1.807, 2.05) is 30.3 Å². The molecule has 0 atom stereocenters. The van der Waals surface area contributed by atoms with Crippen LogP contribution in [-0.2, 0) is 22.3 Å². The molecular formula is C26H27ClF3N7O2. The maximum atomic E-state index is 13.2. The van der Waals surface area contributed by atoms with Gasteiger partial charge >= 0.3 is 6.18 Å². The fraction of sp³-hybridized carbons (Fsp3) is 0.308. The second-order valence-electron chi connectivity index (χ2n) is 8.97. The van der Waals surface area contributed by atoms with Crippen LogP contribution in [0.3, 0.4) is 0 Å². The monoisotopic (exact) mass is 561 g/mol. The van der Waals surface area contributed by atoms with E-state index in [4.69, 9.17) is 17.4 Å². The molecule has 2 amide bonds. The quantitative estimate of drug-likeness (QED) is 0.407. The number of piperazine rings is 1. The van der Waals surface area contributed by atoms with Gasteiger partial charge in [-0.25, -0.2) is 15.0 Å². The van der Waals surface area contributed by atoms with E-state index < -0.39 is 22.7 Å². The van der Waals surface area contributed by atoms with Crippen molar-refractivity contribution >= 4 is 29.4 Å². The van der Waals surface area contributed by atoms with Crippen molar-refractivity contribution in [3.63, 3.8) is 0 Å². The second-order valence-corrected chi connectivity index (χ2v) is 9.38. The third-order valence-electron chi connectivity index (χ3n) is 6.15. The highest BCUT2D eigenvalue weighted by molar-refractivity contribution is 6.31. The number of nitrogens with two attached hydrogens (primary N) is 1. The molecular weight excluding hydrogens is 535 g/mol. The summed E-state index contributed by atoms with van der Waals surface area (Å²) in [6.45, 7) is 1.30. The van der Waals surface area contributed by atoms with Crippen LogP contribution in [0.1, 0.15) is 11.1 Å². The molecule has 0 bridgehead atoms. The lowest BCUT2D eigenvalue weighted by atomic mass is 10.1. The summed E-state index contributed by atoms with van der Waals surface area (Å²) in [5.41, 5.74) is 0.687. The number of carbonyl (C=O) groups is 2. The summed E-state index contributed by atoms with van der Waals surface area (Å²) in [6, 6.07) is 14.5. The summed E-state index contributed by atoms with van der Waals surface area (Å²) >= 11 is 5.68. The SMILES string of the molecule is NN1CCN(C(=O)CN(CC(=O)NCc2ccc(Cl)c(C(F)(F)F)c2)c2nccc(-c3ccccc3)n2)CC1. The van der Waals surface area contributed by atoms with Crippen molar-refractivity contribution in [2.24, 2.45) is 5.84 Å². The zero-order chi connectivity index (χ0) is 28.0. The summed E-state index contributed by atoms with van der Waals surface area (Å²) in [5.74, 6) is 5.22. The largest absolute Gasteiger partial charge is 0.417 e. The minimum Gasteiger partial charge on any atom is -0.350 e. The number of nitrogens with zero attached hydrogens (tertiary/aromatic N) is 5. The maximum Gasteiger partial charge on any atom is 0.417 e. The first-order valence-electron chi connectivity index (χ1n) is 12.1. The van der Waals surface area contributed by atoms with Gasteiger partial charge in [0.15, 0.2) is 0 Å². The number of benzene rings is 2. The number of hydrogen-bond acceptors (Lipinski definition) is 7. The van der Waals surface area contributed by atoms with Gasteiger partial charge in [0.1, 0.15) is 13.1 Å². The second kappa shape index (κ2) is 12.4. The summed E-state index contributed by atoms with van der Waals surface area (Å²) in [5, 5.41) is 3.81. The van der Waals surface area contributed by atoms with E-state index >= 15 is 0 Å². The van der Waals surface area contributed by atoms with Crippen molar-refractivity contribution < 1.29 is 22.8 Å². The highest BCUT2D eigenvalue weighted by Crippen LogP contribution is 2.35. The van der Waals surface area contributed by atoms with Crippen molar-refractivity contribution in [3.8, 4) is 11.3 Å². The minimum atomic E-state index is -4.62. The van der Waals surface area contributed by atoms with E-state index in [2.05, 4.69) is 15.3 Å². The van der Waals surface area contributed by atoms with Gasteiger partial charge in [0.05, 0.1) is 16.3 Å². The van der Waals surface area contributed by atoms with Crippen LogP contribution in [0.25, 0.3) is 11.3 Å². The Hall–Kier alpha value is -3.74. The Kier molecular flexibility index (Phi) is 9.00. The molecule has 1 saturated heterocycles. The van der Waals surface area contributed by atoms with Crippen molar-refractivity contribution in [3.05, 3.63) is 76.9 Å². The first-order chi connectivity index (χ1) is 18.6. The number of hydrogen-bond donors (Lipinski definition) is 2. The number of hydrazine groups is 1. The number of amides is 2. The van der Waals surface area contributed by atoms with E-state index in [1.165, 1.54) is 11.0 Å². The van der Waals surface area contributed by atoms with Crippen molar-refractivity contribution in [2.75, 3.05) is 44.2 Å². The Morgan fingerprint density at radius 2 is 1.74 bits per heavy atom. The summed E-state index contributed by atoms with van der Waals surface area (Å²) in [4.78, 5) is 37.9. The Morgan fingerprint density at radius 1 is 1.03 bits per heavy atom. The number of carbonyl (C=O) groups excluding carboxylic acids is 2. The molecule has 3 aromatic rings. The van der Waals surface area contributed by atoms with Crippen LogP contribution in [0, 0.1) is 0 Å². The van der Waals surface area contributed by atoms with Gasteiger partial charge in [-0.2, -0.15) is 13.2 Å². The van der Waals surface area contributed by atoms with Crippen LogP contribution < -0.4 is 16.1 Å². The van der Waals surface area contributed by atoms with Crippen LogP contribution in [0.4, 0.5) is 19.1 Å². The molecule has 2 aromatic carbocycles. The van der Waals surface area contributed by atoms with Gasteiger partial charge in [-0.1, -0.05) is 48.0 Å². The molecule has 2 heterocycles.